The molecular weight excluding hydrogens is 388 g/mol. The second-order valence-electron chi connectivity index (χ2n) is 7.19. The fraction of sp³-hybridized carbons (Fsp3) is 0.381. The first kappa shape index (κ1) is 19.2. The van der Waals surface area contributed by atoms with Crippen LogP contribution in [0.1, 0.15) is 41.7 Å². The van der Waals surface area contributed by atoms with Crippen LogP contribution in [0.25, 0.3) is 10.2 Å². The number of carbonyl (C=O) groups is 1. The van der Waals surface area contributed by atoms with Gasteiger partial charge in [-0.25, -0.2) is 9.97 Å². The van der Waals surface area contributed by atoms with E-state index >= 15 is 0 Å². The van der Waals surface area contributed by atoms with Gasteiger partial charge in [-0.15, -0.1) is 11.3 Å². The SMILES string of the molecule is CC(CNC(=O)CSc1nc(N)c2c3c(sc2n1)CCCC3)c1ccccc1. The molecule has 2 aromatic heterocycles. The molecule has 0 spiro atoms. The summed E-state index contributed by atoms with van der Waals surface area (Å²) in [6.07, 6.45) is 4.62. The normalized spacial score (nSPS) is 14.6. The minimum Gasteiger partial charge on any atom is -0.383 e. The molecule has 0 saturated carbocycles. The molecule has 3 N–H and O–H groups in total. The van der Waals surface area contributed by atoms with Crippen molar-refractivity contribution in [1.29, 1.82) is 0 Å². The van der Waals surface area contributed by atoms with Gasteiger partial charge in [0.2, 0.25) is 5.91 Å². The van der Waals surface area contributed by atoms with Crippen molar-refractivity contribution in [1.82, 2.24) is 15.3 Å². The van der Waals surface area contributed by atoms with Crippen molar-refractivity contribution >= 4 is 45.0 Å². The lowest BCUT2D eigenvalue weighted by Crippen LogP contribution is -2.29. The van der Waals surface area contributed by atoms with E-state index < -0.39 is 0 Å². The highest BCUT2D eigenvalue weighted by Gasteiger charge is 2.20. The number of nitrogen functional groups attached to an aromatic ring is 1. The van der Waals surface area contributed by atoms with Gasteiger partial charge in [-0.3, -0.25) is 4.79 Å². The molecule has 1 unspecified atom stereocenters. The number of hydrogen-bond donors (Lipinski definition) is 2. The highest BCUT2D eigenvalue weighted by atomic mass is 32.2. The monoisotopic (exact) mass is 412 g/mol. The van der Waals surface area contributed by atoms with E-state index in [4.69, 9.17) is 5.73 Å². The lowest BCUT2D eigenvalue weighted by Gasteiger charge is -2.13. The number of rotatable bonds is 6. The number of thioether (sulfide) groups is 1. The van der Waals surface area contributed by atoms with Crippen molar-refractivity contribution in [3.8, 4) is 0 Å². The largest absolute Gasteiger partial charge is 0.383 e. The Labute approximate surface area is 173 Å². The Morgan fingerprint density at radius 1 is 1.25 bits per heavy atom. The van der Waals surface area contributed by atoms with Crippen LogP contribution in [-0.2, 0) is 17.6 Å². The number of hydrogen-bond acceptors (Lipinski definition) is 6. The summed E-state index contributed by atoms with van der Waals surface area (Å²) in [5.74, 6) is 1.10. The number of benzene rings is 1. The van der Waals surface area contributed by atoms with E-state index in [1.54, 1.807) is 11.3 Å². The predicted octanol–water partition coefficient (Wildman–Crippen LogP) is 4.16. The predicted molar refractivity (Wildman–Crippen MR) is 117 cm³/mol. The van der Waals surface area contributed by atoms with Gasteiger partial charge in [0.25, 0.3) is 0 Å². The maximum absolute atomic E-state index is 12.2. The van der Waals surface area contributed by atoms with Crippen molar-refractivity contribution in [2.24, 2.45) is 0 Å². The number of aromatic nitrogens is 2. The number of anilines is 1. The Morgan fingerprint density at radius 2 is 2.04 bits per heavy atom. The molecule has 1 atom stereocenters. The van der Waals surface area contributed by atoms with Gasteiger partial charge >= 0.3 is 0 Å². The average Bonchev–Trinajstić information content (AvgIpc) is 3.10. The van der Waals surface area contributed by atoms with Gasteiger partial charge in [0.05, 0.1) is 11.1 Å². The highest BCUT2D eigenvalue weighted by molar-refractivity contribution is 7.99. The molecule has 2 heterocycles. The number of carbonyl (C=O) groups excluding carboxylic acids is 1. The van der Waals surface area contributed by atoms with E-state index in [9.17, 15) is 4.79 Å². The molecule has 0 radical (unpaired) electrons. The van der Waals surface area contributed by atoms with Crippen LogP contribution in [0.5, 0.6) is 0 Å². The van der Waals surface area contributed by atoms with Crippen LogP contribution in [0.15, 0.2) is 35.5 Å². The maximum atomic E-state index is 12.2. The number of thiophene rings is 1. The summed E-state index contributed by atoms with van der Waals surface area (Å²) in [5.41, 5.74) is 8.80. The molecule has 0 aliphatic heterocycles. The minimum atomic E-state index is -0.0134. The van der Waals surface area contributed by atoms with Crippen LogP contribution in [0.2, 0.25) is 0 Å². The number of nitrogens with zero attached hydrogens (tertiary/aromatic N) is 2. The molecule has 1 aromatic carbocycles. The Balaban J connectivity index is 1.36. The third kappa shape index (κ3) is 4.15. The van der Waals surface area contributed by atoms with E-state index in [2.05, 4.69) is 34.3 Å². The smallest absolute Gasteiger partial charge is 0.230 e. The van der Waals surface area contributed by atoms with Gasteiger partial charge in [-0.05, 0) is 42.7 Å². The summed E-state index contributed by atoms with van der Waals surface area (Å²) >= 11 is 3.07. The lowest BCUT2D eigenvalue weighted by atomic mass is 9.97. The van der Waals surface area contributed by atoms with Crippen LogP contribution in [-0.4, -0.2) is 28.2 Å². The van der Waals surface area contributed by atoms with Crippen LogP contribution >= 0.6 is 23.1 Å². The Bertz CT molecular complexity index is 987. The van der Waals surface area contributed by atoms with E-state index in [1.807, 2.05) is 18.2 Å². The fourth-order valence-corrected chi connectivity index (χ4v) is 5.59. The van der Waals surface area contributed by atoms with E-state index in [1.165, 1.54) is 40.6 Å². The first-order valence-corrected chi connectivity index (χ1v) is 11.4. The number of nitrogens with one attached hydrogen (secondary N) is 1. The average molecular weight is 413 g/mol. The summed E-state index contributed by atoms with van der Waals surface area (Å²) in [7, 11) is 0. The number of nitrogens with two attached hydrogens (primary N) is 1. The van der Waals surface area contributed by atoms with E-state index in [0.29, 0.717) is 17.5 Å². The third-order valence-electron chi connectivity index (χ3n) is 5.13. The number of fused-ring (bicyclic) bond motifs is 3. The molecule has 7 heteroatoms. The molecule has 1 aliphatic rings. The van der Waals surface area contributed by atoms with E-state index in [0.717, 1.165) is 23.1 Å². The topological polar surface area (TPSA) is 80.9 Å². The fourth-order valence-electron chi connectivity index (χ4n) is 3.58. The zero-order chi connectivity index (χ0) is 19.5. The van der Waals surface area contributed by atoms with Gasteiger partial charge in [-0.2, -0.15) is 0 Å². The summed E-state index contributed by atoms with van der Waals surface area (Å²) in [5, 5.41) is 4.61. The zero-order valence-electron chi connectivity index (χ0n) is 15.9. The summed E-state index contributed by atoms with van der Waals surface area (Å²) in [6, 6.07) is 10.2. The first-order valence-electron chi connectivity index (χ1n) is 9.64. The van der Waals surface area contributed by atoms with Crippen LogP contribution in [0.3, 0.4) is 0 Å². The summed E-state index contributed by atoms with van der Waals surface area (Å²) in [6.45, 7) is 2.72. The highest BCUT2D eigenvalue weighted by Crippen LogP contribution is 2.38. The van der Waals surface area contributed by atoms with Crippen LogP contribution in [0, 0.1) is 0 Å². The van der Waals surface area contributed by atoms with Crippen molar-refractivity contribution in [2.45, 2.75) is 43.7 Å². The van der Waals surface area contributed by atoms with Crippen LogP contribution < -0.4 is 11.1 Å². The molecule has 0 fully saturated rings. The number of amides is 1. The van der Waals surface area contributed by atoms with Gasteiger partial charge in [0, 0.05) is 11.4 Å². The Morgan fingerprint density at radius 3 is 2.86 bits per heavy atom. The zero-order valence-corrected chi connectivity index (χ0v) is 17.5. The second kappa shape index (κ2) is 8.49. The molecule has 3 aromatic rings. The quantitative estimate of drug-likeness (QED) is 0.469. The molecule has 0 bridgehead atoms. The van der Waals surface area contributed by atoms with Gasteiger partial charge in [-0.1, -0.05) is 49.0 Å². The third-order valence-corrected chi connectivity index (χ3v) is 7.16. The molecular formula is C21H24N4OS2. The molecule has 4 rings (SSSR count). The van der Waals surface area contributed by atoms with E-state index in [-0.39, 0.29) is 17.6 Å². The van der Waals surface area contributed by atoms with Gasteiger partial charge in [0.1, 0.15) is 10.6 Å². The van der Waals surface area contributed by atoms with Crippen molar-refractivity contribution < 1.29 is 4.79 Å². The van der Waals surface area contributed by atoms with Gasteiger partial charge in [0.15, 0.2) is 5.16 Å². The first-order chi connectivity index (χ1) is 13.6. The number of aryl methyl sites for hydroxylation is 2. The Kier molecular flexibility index (Phi) is 5.82. The maximum Gasteiger partial charge on any atom is 0.230 e. The van der Waals surface area contributed by atoms with Gasteiger partial charge < -0.3 is 11.1 Å². The molecule has 0 saturated heterocycles. The standard InChI is InChI=1S/C21H24N4OS2/c1-13(14-7-3-2-4-8-14)11-23-17(26)12-27-21-24-19(22)18-15-9-5-6-10-16(15)28-20(18)25-21/h2-4,7-8,13H,5-6,9-12H2,1H3,(H,23,26)(H2,22,24,25). The van der Waals surface area contributed by atoms with Crippen LogP contribution in [0.4, 0.5) is 5.82 Å². The molecule has 146 valence electrons. The second-order valence-corrected chi connectivity index (χ2v) is 9.21. The minimum absolute atomic E-state index is 0.0134. The van der Waals surface area contributed by atoms with Crippen molar-refractivity contribution in [3.63, 3.8) is 0 Å². The van der Waals surface area contributed by atoms with Crippen molar-refractivity contribution in [2.75, 3.05) is 18.0 Å². The molecule has 5 nitrogen and oxygen atoms in total. The lowest BCUT2D eigenvalue weighted by molar-refractivity contribution is -0.118. The Hall–Kier alpha value is -2.12. The molecule has 1 aliphatic carbocycles. The van der Waals surface area contributed by atoms with Crippen molar-refractivity contribution in [3.05, 3.63) is 46.3 Å². The summed E-state index contributed by atoms with van der Waals surface area (Å²) in [4.78, 5) is 23.7. The molecule has 28 heavy (non-hydrogen) atoms. The molecule has 1 amide bonds. The summed E-state index contributed by atoms with van der Waals surface area (Å²) < 4.78 is 0.